The molecule has 0 radical (unpaired) electrons. The van der Waals surface area contributed by atoms with Gasteiger partial charge in [-0.1, -0.05) is 140 Å². The molecule has 54 heavy (non-hydrogen) atoms. The number of furan rings is 2. The first-order valence-electron chi connectivity index (χ1n) is 18.0. The standard InChI is InChI=1S/C49H29N3O2/c1-3-14-30(15-4-1)33-26-27-36(35-19-8-7-18-34(33)35)48-50-47(51-49(52-48)39-22-13-25-43-45(39)37-20-9-11-23-41(37)53-43)32-28-40(31-16-5-2-6-17-31)46-38-21-10-12-24-42(38)54-44(46)29-32/h1-29H. The first-order chi connectivity index (χ1) is 26.8. The van der Waals surface area contributed by atoms with Crippen LogP contribution in [0, 0.1) is 0 Å². The van der Waals surface area contributed by atoms with Gasteiger partial charge in [0.1, 0.15) is 22.3 Å². The van der Waals surface area contributed by atoms with Crippen LogP contribution in [0.15, 0.2) is 185 Å². The minimum absolute atomic E-state index is 0.551. The average Bonchev–Trinajstić information content (AvgIpc) is 3.82. The van der Waals surface area contributed by atoms with Crippen LogP contribution < -0.4 is 0 Å². The number of fused-ring (bicyclic) bond motifs is 7. The van der Waals surface area contributed by atoms with E-state index in [-0.39, 0.29) is 0 Å². The van der Waals surface area contributed by atoms with E-state index in [0.29, 0.717) is 17.5 Å². The van der Waals surface area contributed by atoms with Crippen molar-refractivity contribution in [2.24, 2.45) is 0 Å². The van der Waals surface area contributed by atoms with Crippen molar-refractivity contribution in [1.29, 1.82) is 0 Å². The zero-order valence-corrected chi connectivity index (χ0v) is 28.9. The normalized spacial score (nSPS) is 11.7. The van der Waals surface area contributed by atoms with Crippen molar-refractivity contribution in [2.75, 3.05) is 0 Å². The van der Waals surface area contributed by atoms with Crippen LogP contribution in [0.2, 0.25) is 0 Å². The smallest absolute Gasteiger partial charge is 0.164 e. The maximum Gasteiger partial charge on any atom is 0.164 e. The third-order valence-electron chi connectivity index (χ3n) is 10.4. The molecule has 0 bridgehead atoms. The molecule has 8 aromatic carbocycles. The van der Waals surface area contributed by atoms with Crippen molar-refractivity contribution in [2.45, 2.75) is 0 Å². The second kappa shape index (κ2) is 12.1. The highest BCUT2D eigenvalue weighted by Crippen LogP contribution is 2.42. The largest absolute Gasteiger partial charge is 0.456 e. The molecule has 0 spiro atoms. The first kappa shape index (κ1) is 30.3. The average molecular weight is 692 g/mol. The summed E-state index contributed by atoms with van der Waals surface area (Å²) in [4.78, 5) is 15.8. The van der Waals surface area contributed by atoms with Crippen molar-refractivity contribution in [3.05, 3.63) is 176 Å². The van der Waals surface area contributed by atoms with E-state index in [4.69, 9.17) is 23.8 Å². The van der Waals surface area contributed by atoms with Crippen LogP contribution in [0.25, 0.3) is 111 Å². The third-order valence-corrected chi connectivity index (χ3v) is 10.4. The Morgan fingerprint density at radius 1 is 0.278 bits per heavy atom. The number of rotatable bonds is 5. The van der Waals surface area contributed by atoms with Crippen LogP contribution >= 0.6 is 0 Å². The number of para-hydroxylation sites is 2. The summed E-state index contributed by atoms with van der Waals surface area (Å²) in [6, 6.07) is 60.3. The van der Waals surface area contributed by atoms with Gasteiger partial charge in [-0.25, -0.2) is 15.0 Å². The fraction of sp³-hybridized carbons (Fsp3) is 0. The van der Waals surface area contributed by atoms with Gasteiger partial charge in [-0.05, 0) is 69.4 Å². The van der Waals surface area contributed by atoms with Gasteiger partial charge < -0.3 is 8.83 Å². The predicted octanol–water partition coefficient (Wildman–Crippen LogP) is 13.2. The summed E-state index contributed by atoms with van der Waals surface area (Å²) in [5, 5.41) is 6.30. The molecule has 0 unspecified atom stereocenters. The molecule has 0 N–H and O–H groups in total. The van der Waals surface area contributed by atoms with Gasteiger partial charge in [-0.3, -0.25) is 0 Å². The highest BCUT2D eigenvalue weighted by atomic mass is 16.3. The van der Waals surface area contributed by atoms with E-state index in [1.807, 2.05) is 54.6 Å². The van der Waals surface area contributed by atoms with Crippen LogP contribution in [-0.2, 0) is 0 Å². The molecule has 3 heterocycles. The first-order valence-corrected chi connectivity index (χ1v) is 18.0. The summed E-state index contributed by atoms with van der Waals surface area (Å²) in [6.45, 7) is 0. The molecule has 252 valence electrons. The number of hydrogen-bond acceptors (Lipinski definition) is 5. The number of hydrogen-bond donors (Lipinski definition) is 0. The lowest BCUT2D eigenvalue weighted by atomic mass is 9.94. The molecule has 11 rings (SSSR count). The predicted molar refractivity (Wildman–Crippen MR) is 219 cm³/mol. The highest BCUT2D eigenvalue weighted by molar-refractivity contribution is 6.14. The van der Waals surface area contributed by atoms with E-state index in [2.05, 4.69) is 121 Å². The molecular weight excluding hydrogens is 663 g/mol. The molecule has 0 atom stereocenters. The van der Waals surface area contributed by atoms with E-state index in [1.54, 1.807) is 0 Å². The second-order valence-electron chi connectivity index (χ2n) is 13.5. The lowest BCUT2D eigenvalue weighted by molar-refractivity contribution is 0.668. The summed E-state index contributed by atoms with van der Waals surface area (Å²) < 4.78 is 12.8. The van der Waals surface area contributed by atoms with Gasteiger partial charge >= 0.3 is 0 Å². The fourth-order valence-electron chi connectivity index (χ4n) is 7.90. The van der Waals surface area contributed by atoms with Crippen LogP contribution in [0.5, 0.6) is 0 Å². The maximum atomic E-state index is 6.53. The van der Waals surface area contributed by atoms with E-state index in [1.165, 1.54) is 0 Å². The minimum atomic E-state index is 0.551. The van der Waals surface area contributed by atoms with Crippen molar-refractivity contribution < 1.29 is 8.83 Å². The van der Waals surface area contributed by atoms with Gasteiger partial charge in [0.05, 0.1) is 0 Å². The Hall–Kier alpha value is -7.37. The molecule has 0 amide bonds. The van der Waals surface area contributed by atoms with Crippen LogP contribution in [0.3, 0.4) is 0 Å². The Morgan fingerprint density at radius 3 is 1.44 bits per heavy atom. The third kappa shape index (κ3) is 4.83. The minimum Gasteiger partial charge on any atom is -0.456 e. The van der Waals surface area contributed by atoms with Crippen LogP contribution in [0.4, 0.5) is 0 Å². The van der Waals surface area contributed by atoms with Gasteiger partial charge in [0, 0.05) is 38.2 Å². The summed E-state index contributed by atoms with van der Waals surface area (Å²) in [5.41, 5.74) is 10.3. The molecule has 0 aliphatic heterocycles. The van der Waals surface area contributed by atoms with Crippen molar-refractivity contribution in [3.8, 4) is 56.4 Å². The van der Waals surface area contributed by atoms with Gasteiger partial charge in [-0.2, -0.15) is 0 Å². The molecule has 3 aromatic heterocycles. The fourth-order valence-corrected chi connectivity index (χ4v) is 7.90. The van der Waals surface area contributed by atoms with E-state index < -0.39 is 0 Å². The number of benzene rings is 8. The zero-order chi connectivity index (χ0) is 35.6. The molecule has 0 aliphatic carbocycles. The monoisotopic (exact) mass is 691 g/mol. The molecule has 11 aromatic rings. The zero-order valence-electron chi connectivity index (χ0n) is 28.9. The van der Waals surface area contributed by atoms with Crippen molar-refractivity contribution >= 4 is 54.6 Å². The summed E-state index contributed by atoms with van der Waals surface area (Å²) in [6.07, 6.45) is 0. The van der Waals surface area contributed by atoms with Gasteiger partial charge in [-0.15, -0.1) is 0 Å². The van der Waals surface area contributed by atoms with Crippen molar-refractivity contribution in [3.63, 3.8) is 0 Å². The summed E-state index contributed by atoms with van der Waals surface area (Å²) >= 11 is 0. The molecule has 5 heteroatoms. The molecular formula is C49H29N3O2. The maximum absolute atomic E-state index is 6.53. The van der Waals surface area contributed by atoms with Crippen molar-refractivity contribution in [1.82, 2.24) is 15.0 Å². The lowest BCUT2D eigenvalue weighted by Gasteiger charge is -2.14. The topological polar surface area (TPSA) is 65.0 Å². The Balaban J connectivity index is 1.21. The van der Waals surface area contributed by atoms with Crippen LogP contribution in [-0.4, -0.2) is 15.0 Å². The van der Waals surface area contributed by atoms with E-state index in [9.17, 15) is 0 Å². The van der Waals surface area contributed by atoms with E-state index >= 15 is 0 Å². The SMILES string of the molecule is c1ccc(-c2ccc(-c3nc(-c4cc(-c5ccccc5)c5c(c4)oc4ccccc45)nc(-c4cccc5oc6ccccc6c45)n3)c3ccccc23)cc1. The molecule has 0 fully saturated rings. The van der Waals surface area contributed by atoms with Gasteiger partial charge in [0.25, 0.3) is 0 Å². The molecule has 0 saturated heterocycles. The summed E-state index contributed by atoms with van der Waals surface area (Å²) in [7, 11) is 0. The Labute approximate surface area is 309 Å². The van der Waals surface area contributed by atoms with Gasteiger partial charge in [0.15, 0.2) is 17.5 Å². The van der Waals surface area contributed by atoms with Gasteiger partial charge in [0.2, 0.25) is 0 Å². The Morgan fingerprint density at radius 2 is 0.759 bits per heavy atom. The number of nitrogens with zero attached hydrogens (tertiary/aromatic N) is 3. The number of aromatic nitrogens is 3. The second-order valence-corrected chi connectivity index (χ2v) is 13.5. The van der Waals surface area contributed by atoms with E-state index in [0.717, 1.165) is 93.6 Å². The Bertz CT molecular complexity index is 3220. The Kier molecular flexibility index (Phi) is 6.79. The molecule has 5 nitrogen and oxygen atoms in total. The summed E-state index contributed by atoms with van der Waals surface area (Å²) in [5.74, 6) is 1.70. The van der Waals surface area contributed by atoms with Crippen LogP contribution in [0.1, 0.15) is 0 Å². The molecule has 0 saturated carbocycles. The molecule has 0 aliphatic rings. The lowest BCUT2D eigenvalue weighted by Crippen LogP contribution is -2.01. The quantitative estimate of drug-likeness (QED) is 0.180. The highest BCUT2D eigenvalue weighted by Gasteiger charge is 2.21.